The molecular formula is C43H25N3O. The van der Waals surface area contributed by atoms with Crippen LogP contribution in [0.1, 0.15) is 0 Å². The van der Waals surface area contributed by atoms with Crippen molar-refractivity contribution in [1.82, 2.24) is 15.0 Å². The first-order valence-electron chi connectivity index (χ1n) is 15.8. The van der Waals surface area contributed by atoms with Crippen molar-refractivity contribution in [2.24, 2.45) is 0 Å². The summed E-state index contributed by atoms with van der Waals surface area (Å²) in [6.07, 6.45) is 0. The minimum Gasteiger partial charge on any atom is -0.455 e. The molecule has 0 spiro atoms. The summed E-state index contributed by atoms with van der Waals surface area (Å²) in [4.78, 5) is 15.0. The Morgan fingerprint density at radius 1 is 0.319 bits per heavy atom. The van der Waals surface area contributed by atoms with E-state index in [-0.39, 0.29) is 0 Å². The second kappa shape index (κ2) is 10.1. The average Bonchev–Trinajstić information content (AvgIpc) is 3.70. The van der Waals surface area contributed by atoms with Gasteiger partial charge in [0.2, 0.25) is 0 Å². The Hall–Kier alpha value is -6.39. The molecule has 7 aromatic carbocycles. The van der Waals surface area contributed by atoms with Crippen molar-refractivity contribution in [2.75, 3.05) is 0 Å². The summed E-state index contributed by atoms with van der Waals surface area (Å²) in [5.74, 6) is 1.88. The van der Waals surface area contributed by atoms with E-state index in [0.29, 0.717) is 17.5 Å². The maximum atomic E-state index is 6.75. The van der Waals surface area contributed by atoms with Crippen molar-refractivity contribution in [1.29, 1.82) is 0 Å². The maximum Gasteiger partial charge on any atom is 0.164 e. The van der Waals surface area contributed by atoms with E-state index in [2.05, 4.69) is 78.9 Å². The van der Waals surface area contributed by atoms with Crippen LogP contribution in [0.15, 0.2) is 156 Å². The summed E-state index contributed by atoms with van der Waals surface area (Å²) in [5.41, 5.74) is 11.8. The number of hydrogen-bond donors (Lipinski definition) is 0. The third kappa shape index (κ3) is 3.92. The summed E-state index contributed by atoms with van der Waals surface area (Å²) in [6.45, 7) is 0. The Morgan fingerprint density at radius 2 is 0.830 bits per heavy atom. The monoisotopic (exact) mass is 599 g/mol. The fraction of sp³-hybridized carbons (Fsp3) is 0. The first-order chi connectivity index (χ1) is 23.3. The molecule has 0 radical (unpaired) electrons. The number of fused-ring (bicyclic) bond motifs is 6. The number of benzene rings is 7. The molecule has 47 heavy (non-hydrogen) atoms. The van der Waals surface area contributed by atoms with E-state index in [1.54, 1.807) is 0 Å². The lowest BCUT2D eigenvalue weighted by Gasteiger charge is -2.10. The van der Waals surface area contributed by atoms with Crippen LogP contribution in [-0.4, -0.2) is 15.0 Å². The van der Waals surface area contributed by atoms with E-state index in [1.165, 1.54) is 33.0 Å². The number of nitrogens with zero attached hydrogens (tertiary/aromatic N) is 3. The fourth-order valence-corrected chi connectivity index (χ4v) is 7.22. The molecule has 0 amide bonds. The summed E-state index contributed by atoms with van der Waals surface area (Å²) < 4.78 is 6.75. The first-order valence-corrected chi connectivity index (χ1v) is 15.8. The molecule has 0 unspecified atom stereocenters. The van der Waals surface area contributed by atoms with Gasteiger partial charge in [0.25, 0.3) is 0 Å². The zero-order chi connectivity index (χ0) is 30.9. The third-order valence-electron chi connectivity index (χ3n) is 9.30. The minimum atomic E-state index is 0.611. The van der Waals surface area contributed by atoms with E-state index in [4.69, 9.17) is 19.4 Å². The molecule has 1 aliphatic carbocycles. The van der Waals surface area contributed by atoms with Gasteiger partial charge >= 0.3 is 0 Å². The summed E-state index contributed by atoms with van der Waals surface area (Å²) in [5, 5.41) is 4.54. The highest BCUT2D eigenvalue weighted by Gasteiger charge is 2.24. The van der Waals surface area contributed by atoms with E-state index < -0.39 is 0 Å². The fourth-order valence-electron chi connectivity index (χ4n) is 7.22. The highest BCUT2D eigenvalue weighted by Crippen LogP contribution is 2.50. The molecule has 0 saturated carbocycles. The largest absolute Gasteiger partial charge is 0.455 e. The van der Waals surface area contributed by atoms with Crippen LogP contribution >= 0.6 is 0 Å². The smallest absolute Gasteiger partial charge is 0.164 e. The predicted molar refractivity (Wildman–Crippen MR) is 191 cm³/mol. The van der Waals surface area contributed by atoms with E-state index >= 15 is 0 Å². The SMILES string of the molecule is c1ccc(-c2nc(-c3ccccc3)nc(-c3cccc4oc5c(-c6ccc7c8c(cccc68)-c6ccccc6-7)cccc5c34)n2)cc1. The van der Waals surface area contributed by atoms with Crippen LogP contribution in [0, 0.1) is 0 Å². The number of furan rings is 1. The summed E-state index contributed by atoms with van der Waals surface area (Å²) in [7, 11) is 0. The third-order valence-corrected chi connectivity index (χ3v) is 9.30. The molecule has 0 aliphatic heterocycles. The van der Waals surface area contributed by atoms with Gasteiger partial charge in [-0.3, -0.25) is 0 Å². The van der Waals surface area contributed by atoms with E-state index in [9.17, 15) is 0 Å². The van der Waals surface area contributed by atoms with Crippen LogP contribution in [0.25, 0.3) is 100 Å². The number of para-hydroxylation sites is 1. The van der Waals surface area contributed by atoms with Gasteiger partial charge in [0.05, 0.1) is 0 Å². The standard InChI is InChI=1S/C43H25N3O/c1-3-12-26(13-4-1)41-44-42(27-14-5-2-6-15-27)46-43(45-41)36-22-11-23-37-39(36)35-21-10-20-34(40(35)47-37)30-24-25-33-29-17-8-7-16-28(29)31-18-9-19-32(30)38(31)33/h1-25H. The highest BCUT2D eigenvalue weighted by atomic mass is 16.3. The molecule has 2 aromatic heterocycles. The average molecular weight is 600 g/mol. The number of hydrogen-bond acceptors (Lipinski definition) is 4. The highest BCUT2D eigenvalue weighted by molar-refractivity contribution is 6.21. The van der Waals surface area contributed by atoms with Crippen molar-refractivity contribution in [3.63, 3.8) is 0 Å². The summed E-state index contributed by atoms with van der Waals surface area (Å²) in [6, 6.07) is 52.5. The van der Waals surface area contributed by atoms with Crippen molar-refractivity contribution >= 4 is 32.7 Å². The molecule has 0 fully saturated rings. The Kier molecular flexibility index (Phi) is 5.54. The van der Waals surface area contributed by atoms with Gasteiger partial charge in [-0.15, -0.1) is 0 Å². The molecule has 0 bridgehead atoms. The Labute approximate surface area is 270 Å². The van der Waals surface area contributed by atoms with Crippen LogP contribution in [0.5, 0.6) is 0 Å². The minimum absolute atomic E-state index is 0.611. The molecule has 2 heterocycles. The Bertz CT molecular complexity index is 2590. The molecule has 9 aromatic rings. The van der Waals surface area contributed by atoms with Crippen LogP contribution < -0.4 is 0 Å². The molecule has 0 saturated heterocycles. The lowest BCUT2D eigenvalue weighted by Crippen LogP contribution is -2.00. The molecule has 218 valence electrons. The van der Waals surface area contributed by atoms with Gasteiger partial charge < -0.3 is 4.42 Å². The zero-order valence-corrected chi connectivity index (χ0v) is 25.2. The maximum absolute atomic E-state index is 6.75. The van der Waals surface area contributed by atoms with Gasteiger partial charge in [0.1, 0.15) is 11.2 Å². The van der Waals surface area contributed by atoms with Crippen LogP contribution in [0.2, 0.25) is 0 Å². The van der Waals surface area contributed by atoms with Crippen LogP contribution in [0.3, 0.4) is 0 Å². The molecule has 0 atom stereocenters. The molecular weight excluding hydrogens is 574 g/mol. The Morgan fingerprint density at radius 3 is 1.53 bits per heavy atom. The van der Waals surface area contributed by atoms with Gasteiger partial charge in [-0.25, -0.2) is 15.0 Å². The molecule has 4 nitrogen and oxygen atoms in total. The van der Waals surface area contributed by atoms with Gasteiger partial charge in [0, 0.05) is 33.0 Å². The normalized spacial score (nSPS) is 11.8. The molecule has 4 heteroatoms. The summed E-state index contributed by atoms with van der Waals surface area (Å²) >= 11 is 0. The van der Waals surface area contributed by atoms with Gasteiger partial charge in [-0.2, -0.15) is 0 Å². The van der Waals surface area contributed by atoms with Crippen molar-refractivity contribution < 1.29 is 4.42 Å². The van der Waals surface area contributed by atoms with Gasteiger partial charge in [-0.1, -0.05) is 146 Å². The Balaban J connectivity index is 1.21. The lowest BCUT2D eigenvalue weighted by molar-refractivity contribution is 0.670. The van der Waals surface area contributed by atoms with Crippen molar-refractivity contribution in [3.05, 3.63) is 152 Å². The second-order valence-corrected chi connectivity index (χ2v) is 11.9. The van der Waals surface area contributed by atoms with Gasteiger partial charge in [-0.05, 0) is 44.7 Å². The molecule has 1 aliphatic rings. The predicted octanol–water partition coefficient (Wildman–Crippen LogP) is 11.2. The molecule has 10 rings (SSSR count). The van der Waals surface area contributed by atoms with E-state index in [0.717, 1.165) is 49.8 Å². The van der Waals surface area contributed by atoms with Crippen molar-refractivity contribution in [2.45, 2.75) is 0 Å². The lowest BCUT2D eigenvalue weighted by atomic mass is 9.93. The van der Waals surface area contributed by atoms with Crippen LogP contribution in [0.4, 0.5) is 0 Å². The van der Waals surface area contributed by atoms with Gasteiger partial charge in [0.15, 0.2) is 17.5 Å². The first kappa shape index (κ1) is 25.9. The van der Waals surface area contributed by atoms with Crippen molar-refractivity contribution in [3.8, 4) is 67.5 Å². The quantitative estimate of drug-likeness (QED) is 0.202. The molecule has 0 N–H and O–H groups in total. The second-order valence-electron chi connectivity index (χ2n) is 11.9. The van der Waals surface area contributed by atoms with E-state index in [1.807, 2.05) is 72.8 Å². The number of aromatic nitrogens is 3. The zero-order valence-electron chi connectivity index (χ0n) is 25.2. The topological polar surface area (TPSA) is 51.8 Å². The number of rotatable bonds is 4. The van der Waals surface area contributed by atoms with Crippen LogP contribution in [-0.2, 0) is 0 Å².